The van der Waals surface area contributed by atoms with Gasteiger partial charge in [0, 0.05) is 6.54 Å². The molecule has 4 nitrogen and oxygen atoms in total. The summed E-state index contributed by atoms with van der Waals surface area (Å²) in [6.45, 7) is 6.68. The minimum Gasteiger partial charge on any atom is -0.492 e. The molecule has 0 atom stereocenters. The summed E-state index contributed by atoms with van der Waals surface area (Å²) in [5, 5.41) is 0. The Hall–Kier alpha value is -2.01. The van der Waals surface area contributed by atoms with E-state index in [9.17, 15) is 8.42 Å². The molecule has 0 amide bonds. The van der Waals surface area contributed by atoms with Gasteiger partial charge < -0.3 is 4.74 Å². The minimum atomic E-state index is -3.66. The molecule has 1 heterocycles. The van der Waals surface area contributed by atoms with Crippen molar-refractivity contribution in [2.24, 2.45) is 0 Å². The standard InChI is InChI=1S/C19H23NO3S/c1-4-23-18-12-14(2)15(3)13-19(18)24(21,22)20-11-7-9-16-8-5-6-10-17(16)20/h5-6,8,10,12-13H,4,7,9,11H2,1-3H3. The Labute approximate surface area is 144 Å². The predicted octanol–water partition coefficient (Wildman–Crippen LogP) is 3.84. The van der Waals surface area contributed by atoms with E-state index in [0.29, 0.717) is 18.9 Å². The van der Waals surface area contributed by atoms with Gasteiger partial charge in [-0.2, -0.15) is 0 Å². The first kappa shape index (κ1) is 16.8. The maximum Gasteiger partial charge on any atom is 0.268 e. The van der Waals surface area contributed by atoms with Crippen LogP contribution in [0.5, 0.6) is 5.75 Å². The number of anilines is 1. The lowest BCUT2D eigenvalue weighted by Gasteiger charge is -2.31. The predicted molar refractivity (Wildman–Crippen MR) is 96.4 cm³/mol. The number of ether oxygens (including phenoxy) is 1. The third kappa shape index (κ3) is 2.88. The molecule has 0 saturated carbocycles. The van der Waals surface area contributed by atoms with Crippen LogP contribution in [0.25, 0.3) is 0 Å². The number of rotatable bonds is 4. The van der Waals surface area contributed by atoms with E-state index >= 15 is 0 Å². The van der Waals surface area contributed by atoms with E-state index in [0.717, 1.165) is 35.2 Å². The summed E-state index contributed by atoms with van der Waals surface area (Å²) in [7, 11) is -3.66. The first-order chi connectivity index (χ1) is 11.4. The number of nitrogens with zero attached hydrogens (tertiary/aromatic N) is 1. The fraction of sp³-hybridized carbons (Fsp3) is 0.368. The van der Waals surface area contributed by atoms with Gasteiger partial charge >= 0.3 is 0 Å². The van der Waals surface area contributed by atoms with E-state index in [4.69, 9.17) is 4.74 Å². The molecule has 1 aliphatic heterocycles. The van der Waals surface area contributed by atoms with Crippen molar-refractivity contribution in [1.82, 2.24) is 0 Å². The normalized spacial score (nSPS) is 14.4. The number of hydrogen-bond donors (Lipinski definition) is 0. The highest BCUT2D eigenvalue weighted by Crippen LogP contribution is 2.36. The van der Waals surface area contributed by atoms with E-state index in [-0.39, 0.29) is 4.90 Å². The van der Waals surface area contributed by atoms with E-state index < -0.39 is 10.0 Å². The quantitative estimate of drug-likeness (QED) is 0.846. The fourth-order valence-corrected chi connectivity index (χ4v) is 4.84. The molecule has 5 heteroatoms. The van der Waals surface area contributed by atoms with E-state index in [1.165, 1.54) is 4.31 Å². The summed E-state index contributed by atoms with van der Waals surface area (Å²) in [6, 6.07) is 11.3. The summed E-state index contributed by atoms with van der Waals surface area (Å²) >= 11 is 0. The summed E-state index contributed by atoms with van der Waals surface area (Å²) in [4.78, 5) is 0.254. The molecule has 0 bridgehead atoms. The number of sulfonamides is 1. The van der Waals surface area contributed by atoms with Crippen molar-refractivity contribution < 1.29 is 13.2 Å². The molecule has 0 saturated heterocycles. The Bertz CT molecular complexity index is 859. The summed E-state index contributed by atoms with van der Waals surface area (Å²) in [5.74, 6) is 0.434. The molecule has 24 heavy (non-hydrogen) atoms. The zero-order valence-corrected chi connectivity index (χ0v) is 15.2. The zero-order valence-electron chi connectivity index (χ0n) is 14.4. The second kappa shape index (κ2) is 6.48. The Morgan fingerprint density at radius 1 is 1.12 bits per heavy atom. The molecule has 0 fully saturated rings. The van der Waals surface area contributed by atoms with Gasteiger partial charge in [0.2, 0.25) is 0 Å². The van der Waals surface area contributed by atoms with Crippen molar-refractivity contribution in [3.8, 4) is 5.75 Å². The molecule has 0 aliphatic carbocycles. The third-order valence-electron chi connectivity index (χ3n) is 4.50. The largest absolute Gasteiger partial charge is 0.492 e. The first-order valence-corrected chi connectivity index (χ1v) is 9.74. The van der Waals surface area contributed by atoms with Gasteiger partial charge in [-0.25, -0.2) is 8.42 Å². The van der Waals surface area contributed by atoms with Crippen molar-refractivity contribution in [2.45, 2.75) is 38.5 Å². The Kier molecular flexibility index (Phi) is 4.54. The molecule has 0 N–H and O–H groups in total. The summed E-state index contributed by atoms with van der Waals surface area (Å²) < 4.78 is 33.9. The SMILES string of the molecule is CCOc1cc(C)c(C)cc1S(=O)(=O)N1CCCc2ccccc21. The molecular formula is C19H23NO3S. The summed E-state index contributed by atoms with van der Waals surface area (Å²) in [5.41, 5.74) is 3.83. The molecule has 1 aliphatic rings. The Morgan fingerprint density at radius 2 is 1.83 bits per heavy atom. The molecule has 2 aromatic carbocycles. The maximum absolute atomic E-state index is 13.4. The van der Waals surface area contributed by atoms with Crippen LogP contribution in [0.15, 0.2) is 41.3 Å². The minimum absolute atomic E-state index is 0.254. The molecular weight excluding hydrogens is 322 g/mol. The number of para-hydroxylation sites is 1. The van der Waals surface area contributed by atoms with Gasteiger partial charge in [-0.3, -0.25) is 4.31 Å². The smallest absolute Gasteiger partial charge is 0.268 e. The van der Waals surface area contributed by atoms with Crippen LogP contribution < -0.4 is 9.04 Å². The first-order valence-electron chi connectivity index (χ1n) is 8.30. The van der Waals surface area contributed by atoms with Gasteiger partial charge in [0.1, 0.15) is 10.6 Å². The van der Waals surface area contributed by atoms with E-state index in [1.807, 2.05) is 51.1 Å². The van der Waals surface area contributed by atoms with Gasteiger partial charge in [-0.1, -0.05) is 18.2 Å². The van der Waals surface area contributed by atoms with Gasteiger partial charge in [0.25, 0.3) is 10.0 Å². The van der Waals surface area contributed by atoms with Crippen LogP contribution in [0.4, 0.5) is 5.69 Å². The van der Waals surface area contributed by atoms with Gasteiger partial charge in [-0.05, 0) is 68.5 Å². The van der Waals surface area contributed by atoms with E-state index in [1.54, 1.807) is 6.07 Å². The molecule has 2 aromatic rings. The van der Waals surface area contributed by atoms with Crippen LogP contribution in [0.3, 0.4) is 0 Å². The fourth-order valence-electron chi connectivity index (χ4n) is 3.10. The number of benzene rings is 2. The van der Waals surface area contributed by atoms with E-state index in [2.05, 4.69) is 0 Å². The maximum atomic E-state index is 13.4. The zero-order chi connectivity index (χ0) is 17.3. The van der Waals surface area contributed by atoms with Gasteiger partial charge in [0.15, 0.2) is 0 Å². The number of fused-ring (bicyclic) bond motifs is 1. The third-order valence-corrected chi connectivity index (χ3v) is 6.33. The monoisotopic (exact) mass is 345 g/mol. The molecule has 0 unspecified atom stereocenters. The highest BCUT2D eigenvalue weighted by Gasteiger charge is 2.31. The molecule has 0 radical (unpaired) electrons. The number of aryl methyl sites for hydroxylation is 3. The van der Waals surface area contributed by atoms with Crippen molar-refractivity contribution >= 4 is 15.7 Å². The average Bonchev–Trinajstić information content (AvgIpc) is 2.57. The summed E-state index contributed by atoms with van der Waals surface area (Å²) in [6.07, 6.45) is 1.73. The average molecular weight is 345 g/mol. The van der Waals surface area contributed by atoms with Crippen molar-refractivity contribution in [3.05, 3.63) is 53.1 Å². The van der Waals surface area contributed by atoms with Gasteiger partial charge in [-0.15, -0.1) is 0 Å². The molecule has 0 aromatic heterocycles. The van der Waals surface area contributed by atoms with Crippen LogP contribution in [0.1, 0.15) is 30.0 Å². The lowest BCUT2D eigenvalue weighted by atomic mass is 10.0. The number of hydrogen-bond acceptors (Lipinski definition) is 3. The highest BCUT2D eigenvalue weighted by molar-refractivity contribution is 7.93. The van der Waals surface area contributed by atoms with Crippen molar-refractivity contribution in [2.75, 3.05) is 17.5 Å². The lowest BCUT2D eigenvalue weighted by Crippen LogP contribution is -2.35. The van der Waals surface area contributed by atoms with Crippen LogP contribution in [-0.2, 0) is 16.4 Å². The molecule has 3 rings (SSSR count). The second-order valence-corrected chi connectivity index (χ2v) is 7.96. The molecule has 128 valence electrons. The second-order valence-electron chi connectivity index (χ2n) is 6.13. The Morgan fingerprint density at radius 3 is 2.58 bits per heavy atom. The van der Waals surface area contributed by atoms with Crippen LogP contribution in [0, 0.1) is 13.8 Å². The van der Waals surface area contributed by atoms with Crippen LogP contribution in [0.2, 0.25) is 0 Å². The van der Waals surface area contributed by atoms with Crippen molar-refractivity contribution in [1.29, 1.82) is 0 Å². The topological polar surface area (TPSA) is 46.6 Å². The molecule has 0 spiro atoms. The van der Waals surface area contributed by atoms with Crippen LogP contribution in [-0.4, -0.2) is 21.6 Å². The Balaban J connectivity index is 2.14. The van der Waals surface area contributed by atoms with Crippen molar-refractivity contribution in [3.63, 3.8) is 0 Å². The highest BCUT2D eigenvalue weighted by atomic mass is 32.2. The van der Waals surface area contributed by atoms with Crippen LogP contribution >= 0.6 is 0 Å². The van der Waals surface area contributed by atoms with Gasteiger partial charge in [0.05, 0.1) is 12.3 Å². The lowest BCUT2D eigenvalue weighted by molar-refractivity contribution is 0.330.